The van der Waals surface area contributed by atoms with Gasteiger partial charge in [-0.1, -0.05) is 24.3 Å². The summed E-state index contributed by atoms with van der Waals surface area (Å²) in [5.74, 6) is -0.438. The largest absolute Gasteiger partial charge is 0.468 e. The van der Waals surface area contributed by atoms with E-state index in [4.69, 9.17) is 0 Å². The summed E-state index contributed by atoms with van der Waals surface area (Å²) in [5.41, 5.74) is 1.21. The first-order valence-corrected chi connectivity index (χ1v) is 5.92. The number of ether oxygens (including phenoxy) is 1. The minimum absolute atomic E-state index is 0.438. The summed E-state index contributed by atoms with van der Waals surface area (Å²) in [6, 6.07) is 11.0. The summed E-state index contributed by atoms with van der Waals surface area (Å²) >= 11 is 4.27. The zero-order chi connectivity index (χ0) is 13.1. The van der Waals surface area contributed by atoms with Crippen LogP contribution in [0, 0.1) is 0 Å². The van der Waals surface area contributed by atoms with Gasteiger partial charge in [-0.05, 0) is 28.5 Å². The Bertz CT molecular complexity index is 607. The van der Waals surface area contributed by atoms with Gasteiger partial charge in [0.15, 0.2) is 0 Å². The topological polar surface area (TPSA) is 43.4 Å². The molecule has 0 aromatic heterocycles. The maximum Gasteiger partial charge on any atom is 0.323 e. The van der Waals surface area contributed by atoms with E-state index in [1.54, 1.807) is 12.1 Å². The number of thiol groups is 1. The average molecular weight is 260 g/mol. The number of hydrogen-bond acceptors (Lipinski definition) is 4. The fraction of sp³-hybridized carbons (Fsp3) is 0.143. The molecule has 0 bridgehead atoms. The number of hydrogen-bond donors (Lipinski definition) is 1. The molecule has 92 valence electrons. The molecule has 4 heteroatoms. The Balaban J connectivity index is 2.67. The molecule has 2 aromatic rings. The number of aldehydes is 1. The zero-order valence-corrected chi connectivity index (χ0v) is 10.7. The number of benzene rings is 2. The van der Waals surface area contributed by atoms with Gasteiger partial charge in [0.05, 0.1) is 7.11 Å². The van der Waals surface area contributed by atoms with Crippen molar-refractivity contribution in [1.29, 1.82) is 0 Å². The molecule has 0 aliphatic heterocycles. The Morgan fingerprint density at radius 1 is 1.33 bits per heavy atom. The van der Waals surface area contributed by atoms with Crippen molar-refractivity contribution in [3.05, 3.63) is 47.5 Å². The average Bonchev–Trinajstić information content (AvgIpc) is 2.44. The van der Waals surface area contributed by atoms with Crippen LogP contribution in [-0.4, -0.2) is 19.4 Å². The molecule has 0 saturated heterocycles. The number of rotatable bonds is 3. The maximum atomic E-state index is 11.6. The third kappa shape index (κ3) is 2.24. The quantitative estimate of drug-likeness (QED) is 0.524. The lowest BCUT2D eigenvalue weighted by molar-refractivity contribution is -0.140. The van der Waals surface area contributed by atoms with Crippen LogP contribution >= 0.6 is 12.6 Å². The van der Waals surface area contributed by atoms with E-state index in [1.807, 2.05) is 24.3 Å². The normalized spacial score (nSPS) is 12.1. The molecular formula is C14H12O3S. The van der Waals surface area contributed by atoms with Crippen LogP contribution in [0.25, 0.3) is 10.8 Å². The van der Waals surface area contributed by atoms with Gasteiger partial charge in [0.2, 0.25) is 0 Å². The minimum atomic E-state index is -0.695. The molecule has 2 rings (SSSR count). The van der Waals surface area contributed by atoms with E-state index in [2.05, 4.69) is 17.4 Å². The van der Waals surface area contributed by atoms with Crippen LogP contribution in [0.5, 0.6) is 0 Å². The van der Waals surface area contributed by atoms with Crippen LogP contribution in [-0.2, 0) is 9.53 Å². The SMILES string of the molecule is COC(=O)C(S)c1cc(C=O)cc2ccccc12. The number of carbonyl (C=O) groups is 2. The molecule has 0 spiro atoms. The monoisotopic (exact) mass is 260 g/mol. The second-order valence-corrected chi connectivity index (χ2v) is 4.39. The molecule has 0 aliphatic carbocycles. The van der Waals surface area contributed by atoms with Crippen molar-refractivity contribution in [3.63, 3.8) is 0 Å². The number of esters is 1. The maximum absolute atomic E-state index is 11.6. The van der Waals surface area contributed by atoms with Crippen LogP contribution in [0.4, 0.5) is 0 Å². The summed E-state index contributed by atoms with van der Waals surface area (Å²) < 4.78 is 4.69. The predicted octanol–water partition coefficient (Wildman–Crippen LogP) is 2.80. The number of carbonyl (C=O) groups excluding carboxylic acids is 2. The van der Waals surface area contributed by atoms with E-state index >= 15 is 0 Å². The Morgan fingerprint density at radius 2 is 2.06 bits per heavy atom. The second-order valence-electron chi connectivity index (χ2n) is 3.87. The van der Waals surface area contributed by atoms with E-state index in [1.165, 1.54) is 7.11 Å². The molecule has 0 N–H and O–H groups in total. The van der Waals surface area contributed by atoms with Gasteiger partial charge in [0.1, 0.15) is 11.5 Å². The van der Waals surface area contributed by atoms with Gasteiger partial charge in [-0.2, -0.15) is 12.6 Å². The lowest BCUT2D eigenvalue weighted by atomic mass is 9.99. The molecule has 0 saturated carbocycles. The van der Waals surface area contributed by atoms with Crippen LogP contribution in [0.2, 0.25) is 0 Å². The molecule has 1 unspecified atom stereocenters. The molecular weight excluding hydrogens is 248 g/mol. The Kier molecular flexibility index (Phi) is 3.67. The van der Waals surface area contributed by atoms with Crippen molar-refractivity contribution >= 4 is 35.7 Å². The van der Waals surface area contributed by atoms with Gasteiger partial charge in [-0.15, -0.1) is 0 Å². The first-order chi connectivity index (χ1) is 8.67. The highest BCUT2D eigenvalue weighted by atomic mass is 32.1. The van der Waals surface area contributed by atoms with Crippen molar-refractivity contribution in [2.75, 3.05) is 7.11 Å². The second kappa shape index (κ2) is 5.23. The summed E-state index contributed by atoms with van der Waals surface area (Å²) in [4.78, 5) is 22.5. The molecule has 0 heterocycles. The summed E-state index contributed by atoms with van der Waals surface area (Å²) in [6.07, 6.45) is 0.758. The number of methoxy groups -OCH3 is 1. The molecule has 0 aliphatic rings. The van der Waals surface area contributed by atoms with E-state index in [0.29, 0.717) is 11.1 Å². The van der Waals surface area contributed by atoms with Crippen LogP contribution < -0.4 is 0 Å². The Morgan fingerprint density at radius 3 is 2.72 bits per heavy atom. The van der Waals surface area contributed by atoms with Crippen molar-refractivity contribution in [2.24, 2.45) is 0 Å². The summed E-state index contributed by atoms with van der Waals surface area (Å²) in [7, 11) is 1.32. The van der Waals surface area contributed by atoms with Gasteiger partial charge >= 0.3 is 5.97 Å². The Labute approximate surface area is 110 Å². The van der Waals surface area contributed by atoms with E-state index in [-0.39, 0.29) is 0 Å². The lowest BCUT2D eigenvalue weighted by Crippen LogP contribution is -2.09. The van der Waals surface area contributed by atoms with Gasteiger partial charge in [-0.25, -0.2) is 0 Å². The molecule has 18 heavy (non-hydrogen) atoms. The van der Waals surface area contributed by atoms with Gasteiger partial charge in [-0.3, -0.25) is 9.59 Å². The third-order valence-corrected chi connectivity index (χ3v) is 3.26. The van der Waals surface area contributed by atoms with Crippen LogP contribution in [0.1, 0.15) is 21.2 Å². The van der Waals surface area contributed by atoms with Crippen molar-refractivity contribution in [2.45, 2.75) is 5.25 Å². The highest BCUT2D eigenvalue weighted by Crippen LogP contribution is 2.30. The molecule has 0 fully saturated rings. The highest BCUT2D eigenvalue weighted by molar-refractivity contribution is 7.81. The molecule has 1 atom stereocenters. The molecule has 3 nitrogen and oxygen atoms in total. The van der Waals surface area contributed by atoms with E-state index in [0.717, 1.165) is 17.1 Å². The van der Waals surface area contributed by atoms with Crippen molar-refractivity contribution in [3.8, 4) is 0 Å². The predicted molar refractivity (Wildman–Crippen MR) is 73.1 cm³/mol. The van der Waals surface area contributed by atoms with Crippen LogP contribution in [0.3, 0.4) is 0 Å². The van der Waals surface area contributed by atoms with Gasteiger partial charge < -0.3 is 4.74 Å². The van der Waals surface area contributed by atoms with Crippen molar-refractivity contribution < 1.29 is 14.3 Å². The molecule has 2 aromatic carbocycles. The molecule has 0 radical (unpaired) electrons. The first kappa shape index (κ1) is 12.6. The Hall–Kier alpha value is -1.81. The smallest absolute Gasteiger partial charge is 0.323 e. The fourth-order valence-electron chi connectivity index (χ4n) is 1.90. The summed E-state index contributed by atoms with van der Waals surface area (Å²) in [5, 5.41) is 1.10. The zero-order valence-electron chi connectivity index (χ0n) is 9.79. The summed E-state index contributed by atoms with van der Waals surface area (Å²) in [6.45, 7) is 0. The highest BCUT2D eigenvalue weighted by Gasteiger charge is 2.19. The standard InChI is InChI=1S/C14H12O3S/c1-17-14(16)13(18)12-7-9(8-15)6-10-4-2-3-5-11(10)12/h2-8,13,18H,1H3. The number of fused-ring (bicyclic) bond motifs is 1. The minimum Gasteiger partial charge on any atom is -0.468 e. The molecule has 0 amide bonds. The van der Waals surface area contributed by atoms with Gasteiger partial charge in [0.25, 0.3) is 0 Å². The third-order valence-electron chi connectivity index (χ3n) is 2.77. The van der Waals surface area contributed by atoms with Crippen molar-refractivity contribution in [1.82, 2.24) is 0 Å². The fourth-order valence-corrected chi connectivity index (χ4v) is 2.22. The van der Waals surface area contributed by atoms with E-state index in [9.17, 15) is 9.59 Å². The lowest BCUT2D eigenvalue weighted by Gasteiger charge is -2.12. The van der Waals surface area contributed by atoms with E-state index < -0.39 is 11.2 Å². The van der Waals surface area contributed by atoms with Crippen LogP contribution in [0.15, 0.2) is 36.4 Å². The van der Waals surface area contributed by atoms with Gasteiger partial charge in [0, 0.05) is 5.56 Å². The first-order valence-electron chi connectivity index (χ1n) is 5.41.